The minimum atomic E-state index is -1.25. The smallest absolute Gasteiger partial charge is 0.330 e. The molecule has 0 atom stereocenters. The van der Waals surface area contributed by atoms with Gasteiger partial charge < -0.3 is 19.9 Å². The molecule has 1 aromatic heterocycles. The zero-order valence-electron chi connectivity index (χ0n) is 27.0. The number of carbonyl (C=O) groups excluding carboxylic acids is 1. The highest BCUT2D eigenvalue weighted by Crippen LogP contribution is 2.58. The molecule has 2 aromatic carbocycles. The third-order valence-electron chi connectivity index (χ3n) is 8.73. The molecular weight excluding hydrogens is 542 g/mol. The Kier molecular flexibility index (Phi) is 11.8. The molecule has 4 fully saturated rings. The lowest BCUT2D eigenvalue weighted by molar-refractivity contribution is -0.163. The lowest BCUT2D eigenvalue weighted by atomic mass is 9.48. The Bertz CT molecular complexity index is 1300. The molecule has 0 aliphatic heterocycles. The van der Waals surface area contributed by atoms with Crippen LogP contribution in [-0.4, -0.2) is 46.5 Å². The van der Waals surface area contributed by atoms with Crippen molar-refractivity contribution >= 4 is 11.9 Å². The van der Waals surface area contributed by atoms with Crippen molar-refractivity contribution in [1.82, 2.24) is 15.1 Å². The van der Waals surface area contributed by atoms with Crippen molar-refractivity contribution in [3.63, 3.8) is 0 Å². The van der Waals surface area contributed by atoms with Crippen LogP contribution >= 0.6 is 0 Å². The standard InChI is InChI=1S/C29H31N3O5.3C2H6/c1-36-24-9-6-10-25(37-2)26(24)23-16-22(31-32(23)21-7-4-3-5-8-21)27(33)30-29(28(34)35)19-12-17-11-18(14-19)15-20(29)13-17;3*1-2/h3-10,16-20H,11-15H2,1-2H3,(H,30,33)(H,34,35);3*1-2H3. The second-order valence-electron chi connectivity index (χ2n) is 10.6. The van der Waals surface area contributed by atoms with Gasteiger partial charge in [0.2, 0.25) is 0 Å². The fourth-order valence-corrected chi connectivity index (χ4v) is 7.33. The number of amides is 1. The second-order valence-corrected chi connectivity index (χ2v) is 10.6. The van der Waals surface area contributed by atoms with Crippen molar-refractivity contribution in [3.8, 4) is 28.4 Å². The third-order valence-corrected chi connectivity index (χ3v) is 8.73. The number of para-hydroxylation sites is 1. The number of hydrogen-bond donors (Lipinski definition) is 2. The normalized spacial score (nSPS) is 24.2. The molecule has 0 saturated heterocycles. The number of carboxylic acid groups (broad SMARTS) is 1. The van der Waals surface area contributed by atoms with E-state index in [2.05, 4.69) is 10.4 Å². The Hall–Kier alpha value is -3.81. The van der Waals surface area contributed by atoms with E-state index in [1.54, 1.807) is 25.0 Å². The van der Waals surface area contributed by atoms with E-state index in [9.17, 15) is 14.7 Å². The van der Waals surface area contributed by atoms with Crippen LogP contribution in [0.5, 0.6) is 11.5 Å². The molecule has 0 radical (unpaired) electrons. The summed E-state index contributed by atoms with van der Waals surface area (Å²) in [6.07, 6.45) is 4.65. The van der Waals surface area contributed by atoms with Crippen LogP contribution < -0.4 is 14.8 Å². The molecule has 43 heavy (non-hydrogen) atoms. The first-order chi connectivity index (χ1) is 20.9. The van der Waals surface area contributed by atoms with Crippen molar-refractivity contribution in [2.75, 3.05) is 14.2 Å². The number of methoxy groups -OCH3 is 2. The van der Waals surface area contributed by atoms with E-state index in [-0.39, 0.29) is 17.5 Å². The van der Waals surface area contributed by atoms with Crippen LogP contribution in [0.3, 0.4) is 0 Å². The summed E-state index contributed by atoms with van der Waals surface area (Å²) in [5.41, 5.74) is 0.933. The van der Waals surface area contributed by atoms with E-state index < -0.39 is 17.4 Å². The number of hydrogen-bond acceptors (Lipinski definition) is 5. The van der Waals surface area contributed by atoms with Gasteiger partial charge in [0.1, 0.15) is 17.0 Å². The van der Waals surface area contributed by atoms with E-state index in [1.807, 2.05) is 90.1 Å². The summed E-state index contributed by atoms with van der Waals surface area (Å²) >= 11 is 0. The van der Waals surface area contributed by atoms with Crippen molar-refractivity contribution in [2.45, 2.75) is 79.2 Å². The van der Waals surface area contributed by atoms with Crippen LogP contribution in [-0.2, 0) is 4.79 Å². The largest absolute Gasteiger partial charge is 0.496 e. The van der Waals surface area contributed by atoms with Gasteiger partial charge in [-0.1, -0.05) is 65.8 Å². The number of rotatable bonds is 7. The Labute approximate surface area is 256 Å². The van der Waals surface area contributed by atoms with E-state index in [1.165, 1.54) is 6.42 Å². The molecule has 1 heterocycles. The summed E-state index contributed by atoms with van der Waals surface area (Å²) in [5.74, 6) is 0.814. The van der Waals surface area contributed by atoms with Gasteiger partial charge in [0, 0.05) is 0 Å². The quantitative estimate of drug-likeness (QED) is 0.293. The predicted molar refractivity (Wildman–Crippen MR) is 171 cm³/mol. The van der Waals surface area contributed by atoms with Crippen LogP contribution in [0.1, 0.15) is 84.1 Å². The molecule has 8 heteroatoms. The SMILES string of the molecule is CC.CC.CC.COc1cccc(OC)c1-c1cc(C(=O)NC2(C(=O)O)C3CC4CC(C3)CC2C4)nn1-c1ccccc1. The van der Waals surface area contributed by atoms with E-state index >= 15 is 0 Å². The van der Waals surface area contributed by atoms with Gasteiger partial charge in [-0.3, -0.25) is 4.79 Å². The Balaban J connectivity index is 0.000000796. The first-order valence-corrected chi connectivity index (χ1v) is 15.9. The monoisotopic (exact) mass is 591 g/mol. The average Bonchev–Trinajstić information content (AvgIpc) is 3.50. The summed E-state index contributed by atoms with van der Waals surface area (Å²) in [7, 11) is 3.16. The first-order valence-electron chi connectivity index (χ1n) is 15.9. The molecular formula is C35H49N3O5. The molecule has 234 valence electrons. The number of aromatic nitrogens is 2. The highest BCUT2D eigenvalue weighted by atomic mass is 16.5. The highest BCUT2D eigenvalue weighted by Gasteiger charge is 2.62. The molecule has 4 aliphatic rings. The fourth-order valence-electron chi connectivity index (χ4n) is 7.33. The highest BCUT2D eigenvalue weighted by molar-refractivity contribution is 5.98. The Morgan fingerprint density at radius 2 is 1.33 bits per heavy atom. The third kappa shape index (κ3) is 6.29. The molecule has 4 bridgehead atoms. The number of carboxylic acids is 1. The number of benzene rings is 2. The number of nitrogens with one attached hydrogen (secondary N) is 1. The molecule has 1 amide bonds. The van der Waals surface area contributed by atoms with Crippen molar-refractivity contribution in [3.05, 3.63) is 60.3 Å². The minimum Gasteiger partial charge on any atom is -0.496 e. The van der Waals surface area contributed by atoms with Crippen LogP contribution in [0.25, 0.3) is 16.9 Å². The lowest BCUT2D eigenvalue weighted by Crippen LogP contribution is -2.70. The van der Waals surface area contributed by atoms with E-state index in [0.717, 1.165) is 31.4 Å². The van der Waals surface area contributed by atoms with Crippen LogP contribution in [0, 0.1) is 23.7 Å². The first kappa shape index (κ1) is 33.7. The zero-order valence-corrected chi connectivity index (χ0v) is 27.0. The van der Waals surface area contributed by atoms with E-state index in [0.29, 0.717) is 34.6 Å². The van der Waals surface area contributed by atoms with Crippen LogP contribution in [0.15, 0.2) is 54.6 Å². The maximum absolute atomic E-state index is 13.8. The lowest BCUT2D eigenvalue weighted by Gasteiger charge is -2.59. The van der Waals surface area contributed by atoms with E-state index in [4.69, 9.17) is 9.47 Å². The van der Waals surface area contributed by atoms with Gasteiger partial charge in [-0.15, -0.1) is 0 Å². The molecule has 3 aromatic rings. The van der Waals surface area contributed by atoms with Gasteiger partial charge in [0.25, 0.3) is 5.91 Å². The number of carbonyl (C=O) groups is 2. The fraction of sp³-hybridized carbons (Fsp3) is 0.514. The molecule has 7 rings (SSSR count). The van der Waals surface area contributed by atoms with Gasteiger partial charge in [0.15, 0.2) is 5.69 Å². The topological polar surface area (TPSA) is 103 Å². The average molecular weight is 592 g/mol. The number of ether oxygens (including phenoxy) is 2. The minimum absolute atomic E-state index is 0.0461. The Morgan fingerprint density at radius 3 is 1.79 bits per heavy atom. The molecule has 4 saturated carbocycles. The number of aliphatic carboxylic acids is 1. The van der Waals surface area contributed by atoms with Gasteiger partial charge >= 0.3 is 5.97 Å². The van der Waals surface area contributed by atoms with Crippen LogP contribution in [0.4, 0.5) is 0 Å². The van der Waals surface area contributed by atoms with Crippen molar-refractivity contribution in [2.24, 2.45) is 23.7 Å². The maximum atomic E-state index is 13.8. The summed E-state index contributed by atoms with van der Waals surface area (Å²) in [5, 5.41) is 18.2. The van der Waals surface area contributed by atoms with Crippen molar-refractivity contribution in [1.29, 1.82) is 0 Å². The number of nitrogens with zero attached hydrogens (tertiary/aromatic N) is 2. The maximum Gasteiger partial charge on any atom is 0.330 e. The molecule has 8 nitrogen and oxygen atoms in total. The molecule has 4 aliphatic carbocycles. The summed E-state index contributed by atoms with van der Waals surface area (Å²) in [6, 6.07) is 16.7. The van der Waals surface area contributed by atoms with Gasteiger partial charge in [-0.2, -0.15) is 5.10 Å². The van der Waals surface area contributed by atoms with Crippen LogP contribution in [0.2, 0.25) is 0 Å². The summed E-state index contributed by atoms with van der Waals surface area (Å²) < 4.78 is 13.0. The zero-order chi connectivity index (χ0) is 31.7. The second kappa shape index (κ2) is 15.1. The van der Waals surface area contributed by atoms with Gasteiger partial charge in [-0.05, 0) is 86.1 Å². The summed E-state index contributed by atoms with van der Waals surface area (Å²) in [4.78, 5) is 26.6. The summed E-state index contributed by atoms with van der Waals surface area (Å²) in [6.45, 7) is 12.0. The predicted octanol–water partition coefficient (Wildman–Crippen LogP) is 7.64. The van der Waals surface area contributed by atoms with Crippen molar-refractivity contribution < 1.29 is 24.2 Å². The van der Waals surface area contributed by atoms with Gasteiger partial charge in [-0.25, -0.2) is 9.48 Å². The Morgan fingerprint density at radius 1 is 0.814 bits per heavy atom. The molecule has 2 N–H and O–H groups in total. The molecule has 0 spiro atoms. The van der Waals surface area contributed by atoms with Gasteiger partial charge in [0.05, 0.1) is 31.2 Å². The molecule has 0 unspecified atom stereocenters.